The van der Waals surface area contributed by atoms with E-state index in [1.165, 1.54) is 0 Å². The van der Waals surface area contributed by atoms with Crippen molar-refractivity contribution in [1.29, 1.82) is 0 Å². The number of aliphatic hydroxyl groups excluding tert-OH is 1. The number of hydrogen-bond acceptors (Lipinski definition) is 4. The van der Waals surface area contributed by atoms with Crippen LogP contribution in [0, 0.1) is 5.92 Å². The highest BCUT2D eigenvalue weighted by atomic mass is 32.1. The van der Waals surface area contributed by atoms with Crippen molar-refractivity contribution in [3.8, 4) is 0 Å². The van der Waals surface area contributed by atoms with E-state index in [2.05, 4.69) is 4.90 Å². The highest BCUT2D eigenvalue weighted by Gasteiger charge is 2.22. The normalized spacial score (nSPS) is 21.4. The number of carbonyl (C=O) groups is 1. The first kappa shape index (κ1) is 11.6. The average Bonchev–Trinajstić information content (AvgIpc) is 2.87. The Labute approximate surface area is 98.7 Å². The number of primary amides is 1. The Morgan fingerprint density at radius 1 is 1.69 bits per heavy atom. The molecule has 1 amide bonds. The third kappa shape index (κ3) is 2.61. The topological polar surface area (TPSA) is 66.6 Å². The summed E-state index contributed by atoms with van der Waals surface area (Å²) in [6, 6.07) is 1.86. The third-order valence-corrected chi connectivity index (χ3v) is 3.87. The second kappa shape index (κ2) is 4.95. The summed E-state index contributed by atoms with van der Waals surface area (Å²) < 4.78 is 0. The van der Waals surface area contributed by atoms with Crippen LogP contribution in [0.2, 0.25) is 0 Å². The maximum absolute atomic E-state index is 10.9. The minimum atomic E-state index is -0.364. The Bertz CT molecular complexity index is 378. The number of aliphatic hydroxyl groups is 1. The van der Waals surface area contributed by atoms with Crippen molar-refractivity contribution in [2.24, 2.45) is 11.7 Å². The largest absolute Gasteiger partial charge is 0.396 e. The Kier molecular flexibility index (Phi) is 3.58. The van der Waals surface area contributed by atoms with Crippen molar-refractivity contribution in [3.63, 3.8) is 0 Å². The lowest BCUT2D eigenvalue weighted by Gasteiger charge is -2.13. The van der Waals surface area contributed by atoms with E-state index in [0.29, 0.717) is 11.5 Å². The van der Waals surface area contributed by atoms with Gasteiger partial charge in [0.05, 0.1) is 5.56 Å². The average molecular weight is 240 g/mol. The smallest absolute Gasteiger partial charge is 0.249 e. The first-order valence-corrected chi connectivity index (χ1v) is 6.27. The number of thiophene rings is 1. The minimum absolute atomic E-state index is 0.271. The van der Waals surface area contributed by atoms with Gasteiger partial charge in [0.15, 0.2) is 0 Å². The Hall–Kier alpha value is -0.910. The standard InChI is InChI=1S/C11H16N2O2S/c12-11(15)9-3-10(16-7-9)5-13-2-1-8(4-13)6-14/h3,7-8,14H,1-2,4-6H2,(H2,12,15). The van der Waals surface area contributed by atoms with Gasteiger partial charge < -0.3 is 10.8 Å². The predicted octanol–water partition coefficient (Wildman–Crippen LogP) is 0.661. The van der Waals surface area contributed by atoms with Gasteiger partial charge in [-0.2, -0.15) is 0 Å². The molecule has 0 aromatic carbocycles. The third-order valence-electron chi connectivity index (χ3n) is 2.95. The van der Waals surface area contributed by atoms with Gasteiger partial charge >= 0.3 is 0 Å². The van der Waals surface area contributed by atoms with E-state index < -0.39 is 0 Å². The molecule has 1 aliphatic rings. The summed E-state index contributed by atoms with van der Waals surface area (Å²) >= 11 is 1.57. The fraction of sp³-hybridized carbons (Fsp3) is 0.545. The van der Waals surface area contributed by atoms with E-state index >= 15 is 0 Å². The highest BCUT2D eigenvalue weighted by molar-refractivity contribution is 7.10. The predicted molar refractivity (Wildman–Crippen MR) is 63.3 cm³/mol. The number of rotatable bonds is 4. The lowest BCUT2D eigenvalue weighted by Crippen LogP contribution is -2.20. The number of amides is 1. The van der Waals surface area contributed by atoms with Crippen molar-refractivity contribution in [2.75, 3.05) is 19.7 Å². The maximum atomic E-state index is 10.9. The zero-order valence-corrected chi connectivity index (χ0v) is 9.87. The zero-order chi connectivity index (χ0) is 11.5. The zero-order valence-electron chi connectivity index (χ0n) is 9.06. The molecule has 0 radical (unpaired) electrons. The van der Waals surface area contributed by atoms with Gasteiger partial charge in [-0.3, -0.25) is 9.69 Å². The van der Waals surface area contributed by atoms with Crippen LogP contribution in [-0.4, -0.2) is 35.6 Å². The molecule has 1 aromatic heterocycles. The Morgan fingerprint density at radius 3 is 3.06 bits per heavy atom. The van der Waals surface area contributed by atoms with E-state index in [9.17, 15) is 4.79 Å². The van der Waals surface area contributed by atoms with Gasteiger partial charge in [0.1, 0.15) is 0 Å². The summed E-state index contributed by atoms with van der Waals surface area (Å²) in [4.78, 5) is 14.4. The van der Waals surface area contributed by atoms with Gasteiger partial charge in [0, 0.05) is 30.0 Å². The molecule has 1 saturated heterocycles. The molecule has 1 fully saturated rings. The summed E-state index contributed by atoms with van der Waals surface area (Å²) in [5.74, 6) is 0.0488. The second-order valence-corrected chi connectivity index (χ2v) is 5.23. The van der Waals surface area contributed by atoms with Gasteiger partial charge in [0.25, 0.3) is 0 Å². The van der Waals surface area contributed by atoms with Gasteiger partial charge in [-0.15, -0.1) is 11.3 Å². The van der Waals surface area contributed by atoms with E-state index in [4.69, 9.17) is 10.8 Å². The number of nitrogens with zero attached hydrogens (tertiary/aromatic N) is 1. The molecule has 2 rings (SSSR count). The highest BCUT2D eigenvalue weighted by Crippen LogP contribution is 2.21. The van der Waals surface area contributed by atoms with Crippen molar-refractivity contribution >= 4 is 17.2 Å². The first-order chi connectivity index (χ1) is 7.69. The van der Waals surface area contributed by atoms with Crippen molar-refractivity contribution in [3.05, 3.63) is 21.9 Å². The summed E-state index contributed by atoms with van der Waals surface area (Å²) in [5, 5.41) is 10.8. The van der Waals surface area contributed by atoms with Crippen LogP contribution in [0.1, 0.15) is 21.7 Å². The second-order valence-electron chi connectivity index (χ2n) is 4.24. The van der Waals surface area contributed by atoms with E-state index in [-0.39, 0.29) is 12.5 Å². The van der Waals surface area contributed by atoms with Gasteiger partial charge in [-0.1, -0.05) is 0 Å². The van der Waals surface area contributed by atoms with Crippen LogP contribution in [-0.2, 0) is 6.54 Å². The van der Waals surface area contributed by atoms with Crippen LogP contribution >= 0.6 is 11.3 Å². The van der Waals surface area contributed by atoms with E-state index in [1.54, 1.807) is 16.7 Å². The lowest BCUT2D eigenvalue weighted by atomic mass is 10.1. The molecule has 1 aliphatic heterocycles. The van der Waals surface area contributed by atoms with Crippen LogP contribution in [0.25, 0.3) is 0 Å². The maximum Gasteiger partial charge on any atom is 0.249 e. The van der Waals surface area contributed by atoms with Gasteiger partial charge in [0.2, 0.25) is 5.91 Å². The van der Waals surface area contributed by atoms with Crippen LogP contribution in [0.15, 0.2) is 11.4 Å². The van der Waals surface area contributed by atoms with E-state index in [0.717, 1.165) is 30.9 Å². The van der Waals surface area contributed by atoms with E-state index in [1.807, 2.05) is 6.07 Å². The van der Waals surface area contributed by atoms with Crippen LogP contribution in [0.3, 0.4) is 0 Å². The minimum Gasteiger partial charge on any atom is -0.396 e. The molecule has 0 aliphatic carbocycles. The summed E-state index contributed by atoms with van der Waals surface area (Å²) in [5.41, 5.74) is 5.80. The first-order valence-electron chi connectivity index (χ1n) is 5.39. The molecule has 1 aromatic rings. The lowest BCUT2D eigenvalue weighted by molar-refractivity contribution is 0.100. The molecule has 2 heterocycles. The molecule has 0 spiro atoms. The fourth-order valence-corrected chi connectivity index (χ4v) is 2.93. The summed E-state index contributed by atoms with van der Waals surface area (Å²) in [6.07, 6.45) is 1.06. The fourth-order valence-electron chi connectivity index (χ4n) is 2.02. The monoisotopic (exact) mass is 240 g/mol. The molecular formula is C11H16N2O2S. The molecule has 3 N–H and O–H groups in total. The molecule has 1 unspecified atom stereocenters. The van der Waals surface area contributed by atoms with Gasteiger partial charge in [-0.25, -0.2) is 0 Å². The van der Waals surface area contributed by atoms with Crippen LogP contribution in [0.4, 0.5) is 0 Å². The molecule has 88 valence electrons. The van der Waals surface area contributed by atoms with Crippen LogP contribution < -0.4 is 5.73 Å². The number of nitrogens with two attached hydrogens (primary N) is 1. The molecule has 0 bridgehead atoms. The molecular weight excluding hydrogens is 224 g/mol. The molecule has 5 heteroatoms. The quantitative estimate of drug-likeness (QED) is 0.812. The Balaban J connectivity index is 1.92. The molecule has 4 nitrogen and oxygen atoms in total. The molecule has 16 heavy (non-hydrogen) atoms. The summed E-state index contributed by atoms with van der Waals surface area (Å²) in [7, 11) is 0. The molecule has 1 atom stereocenters. The van der Waals surface area contributed by atoms with Crippen molar-refractivity contribution < 1.29 is 9.90 Å². The molecule has 0 saturated carbocycles. The SMILES string of the molecule is NC(=O)c1csc(CN2CCC(CO)C2)c1. The van der Waals surface area contributed by atoms with Gasteiger partial charge in [-0.05, 0) is 24.9 Å². The van der Waals surface area contributed by atoms with Crippen molar-refractivity contribution in [2.45, 2.75) is 13.0 Å². The summed E-state index contributed by atoms with van der Waals surface area (Å²) in [6.45, 7) is 3.09. The Morgan fingerprint density at radius 2 is 2.50 bits per heavy atom. The number of carbonyl (C=O) groups excluding carboxylic acids is 1. The van der Waals surface area contributed by atoms with Crippen LogP contribution in [0.5, 0.6) is 0 Å². The van der Waals surface area contributed by atoms with Crippen molar-refractivity contribution in [1.82, 2.24) is 4.90 Å². The number of likely N-dealkylation sites (tertiary alicyclic amines) is 1. The number of hydrogen-bond donors (Lipinski definition) is 2.